The van der Waals surface area contributed by atoms with Crippen molar-refractivity contribution in [3.63, 3.8) is 0 Å². The lowest BCUT2D eigenvalue weighted by Gasteiger charge is -2.35. The fourth-order valence-corrected chi connectivity index (χ4v) is 4.02. The summed E-state index contributed by atoms with van der Waals surface area (Å²) >= 11 is 0. The van der Waals surface area contributed by atoms with E-state index < -0.39 is 0 Å². The maximum absolute atomic E-state index is 9.81. The van der Waals surface area contributed by atoms with E-state index in [1.807, 2.05) is 24.3 Å². The Morgan fingerprint density at radius 3 is 2.60 bits per heavy atom. The zero-order valence-corrected chi connectivity index (χ0v) is 14.6. The molecular weight excluding hydrogens is 314 g/mol. The van der Waals surface area contributed by atoms with Gasteiger partial charge in [-0.3, -0.25) is 4.90 Å². The average Bonchev–Trinajstić information content (AvgIpc) is 2.97. The third-order valence-corrected chi connectivity index (χ3v) is 5.48. The Morgan fingerprint density at radius 1 is 1.04 bits per heavy atom. The number of benzene rings is 2. The molecule has 1 saturated carbocycles. The summed E-state index contributed by atoms with van der Waals surface area (Å²) in [5, 5.41) is 9.81. The molecule has 2 aromatic carbocycles. The van der Waals surface area contributed by atoms with Gasteiger partial charge in [0, 0.05) is 25.6 Å². The molecule has 1 aliphatic carbocycles. The van der Waals surface area contributed by atoms with E-state index in [0.717, 1.165) is 43.1 Å². The molecule has 1 heterocycles. The molecule has 4 heteroatoms. The summed E-state index contributed by atoms with van der Waals surface area (Å²) in [6.45, 7) is 3.52. The molecule has 0 aromatic heterocycles. The van der Waals surface area contributed by atoms with Crippen LogP contribution in [0.25, 0.3) is 0 Å². The number of likely N-dealkylation sites (tertiary alicyclic amines) is 1. The Labute approximate surface area is 149 Å². The number of hydrogen-bond acceptors (Lipinski definition) is 4. The van der Waals surface area contributed by atoms with Gasteiger partial charge in [0.1, 0.15) is 6.61 Å². The SMILES string of the molecule is COc1cc(CN2C[C@H]3C[C@H](O)[C@H]3C2)ccc1OCc1ccccc1. The average molecular weight is 339 g/mol. The molecule has 0 amide bonds. The molecule has 132 valence electrons. The first kappa shape index (κ1) is 16.4. The van der Waals surface area contributed by atoms with Gasteiger partial charge < -0.3 is 14.6 Å². The van der Waals surface area contributed by atoms with E-state index in [-0.39, 0.29) is 6.10 Å². The topological polar surface area (TPSA) is 41.9 Å². The van der Waals surface area contributed by atoms with Gasteiger partial charge in [-0.1, -0.05) is 36.4 Å². The normalized spacial score (nSPS) is 25.3. The number of aliphatic hydroxyl groups excluding tert-OH is 1. The van der Waals surface area contributed by atoms with Gasteiger partial charge >= 0.3 is 0 Å². The van der Waals surface area contributed by atoms with Crippen molar-refractivity contribution in [3.05, 3.63) is 59.7 Å². The number of ether oxygens (including phenoxy) is 2. The molecule has 0 bridgehead atoms. The predicted octanol–water partition coefficient (Wildman–Crippen LogP) is 3.09. The lowest BCUT2D eigenvalue weighted by Crippen LogP contribution is -2.39. The van der Waals surface area contributed by atoms with Gasteiger partial charge in [0.15, 0.2) is 11.5 Å². The maximum Gasteiger partial charge on any atom is 0.161 e. The van der Waals surface area contributed by atoms with E-state index in [0.29, 0.717) is 18.4 Å². The highest BCUT2D eigenvalue weighted by molar-refractivity contribution is 5.43. The van der Waals surface area contributed by atoms with Crippen LogP contribution in [-0.2, 0) is 13.2 Å². The standard InChI is InChI=1S/C21H25NO3/c1-24-21-9-16(11-22-12-17-10-19(23)18(17)13-22)7-8-20(21)25-14-15-5-3-2-4-6-15/h2-9,17-19,23H,10-14H2,1H3/t17-,18+,19+/m1/s1. The minimum Gasteiger partial charge on any atom is -0.493 e. The van der Waals surface area contributed by atoms with Crippen LogP contribution in [0, 0.1) is 11.8 Å². The van der Waals surface area contributed by atoms with Crippen molar-refractivity contribution in [2.24, 2.45) is 11.8 Å². The van der Waals surface area contributed by atoms with E-state index >= 15 is 0 Å². The lowest BCUT2D eigenvalue weighted by molar-refractivity contribution is -0.00435. The summed E-state index contributed by atoms with van der Waals surface area (Å²) in [6, 6.07) is 16.3. The highest BCUT2D eigenvalue weighted by Crippen LogP contribution is 2.41. The minimum absolute atomic E-state index is 0.0849. The van der Waals surface area contributed by atoms with Crippen LogP contribution in [0.1, 0.15) is 17.5 Å². The Balaban J connectivity index is 1.39. The third kappa shape index (κ3) is 3.51. The van der Waals surface area contributed by atoms with Crippen molar-refractivity contribution in [1.29, 1.82) is 0 Å². The molecule has 2 fully saturated rings. The first-order valence-electron chi connectivity index (χ1n) is 8.97. The van der Waals surface area contributed by atoms with Gasteiger partial charge in [0.05, 0.1) is 13.2 Å². The molecule has 1 saturated heterocycles. The lowest BCUT2D eigenvalue weighted by atomic mass is 9.74. The van der Waals surface area contributed by atoms with Gasteiger partial charge in [0.25, 0.3) is 0 Å². The molecular formula is C21H25NO3. The quantitative estimate of drug-likeness (QED) is 0.878. The Hall–Kier alpha value is -2.04. The summed E-state index contributed by atoms with van der Waals surface area (Å²) in [5.41, 5.74) is 2.36. The fraction of sp³-hybridized carbons (Fsp3) is 0.429. The molecule has 2 aliphatic rings. The molecule has 2 aromatic rings. The van der Waals surface area contributed by atoms with Crippen LogP contribution in [0.15, 0.2) is 48.5 Å². The molecule has 1 N–H and O–H groups in total. The molecule has 1 aliphatic heterocycles. The van der Waals surface area contributed by atoms with E-state index in [2.05, 4.69) is 29.2 Å². The van der Waals surface area contributed by atoms with E-state index in [1.165, 1.54) is 5.56 Å². The highest BCUT2D eigenvalue weighted by atomic mass is 16.5. The van der Waals surface area contributed by atoms with Gasteiger partial charge in [-0.05, 0) is 35.6 Å². The second kappa shape index (κ2) is 7.06. The number of rotatable bonds is 6. The minimum atomic E-state index is -0.0849. The van der Waals surface area contributed by atoms with Gasteiger partial charge in [-0.15, -0.1) is 0 Å². The fourth-order valence-electron chi connectivity index (χ4n) is 4.02. The van der Waals surface area contributed by atoms with Crippen molar-refractivity contribution in [2.45, 2.75) is 25.7 Å². The monoisotopic (exact) mass is 339 g/mol. The van der Waals surface area contributed by atoms with Crippen LogP contribution in [0.2, 0.25) is 0 Å². The zero-order chi connectivity index (χ0) is 17.2. The van der Waals surface area contributed by atoms with Crippen LogP contribution in [0.4, 0.5) is 0 Å². The van der Waals surface area contributed by atoms with Gasteiger partial charge in [-0.25, -0.2) is 0 Å². The van der Waals surface area contributed by atoms with Gasteiger partial charge in [-0.2, -0.15) is 0 Å². The number of aliphatic hydroxyl groups is 1. The summed E-state index contributed by atoms with van der Waals surface area (Å²) in [6.07, 6.45) is 0.884. The molecule has 4 nitrogen and oxygen atoms in total. The maximum atomic E-state index is 9.81. The molecule has 0 radical (unpaired) electrons. The van der Waals surface area contributed by atoms with Crippen LogP contribution in [0.3, 0.4) is 0 Å². The van der Waals surface area contributed by atoms with Crippen molar-refractivity contribution in [1.82, 2.24) is 4.90 Å². The van der Waals surface area contributed by atoms with Crippen LogP contribution >= 0.6 is 0 Å². The van der Waals surface area contributed by atoms with Gasteiger partial charge in [0.2, 0.25) is 0 Å². The summed E-state index contributed by atoms with van der Waals surface area (Å²) in [4.78, 5) is 2.44. The Bertz CT molecular complexity index is 718. The Kier molecular flexibility index (Phi) is 4.64. The Morgan fingerprint density at radius 2 is 1.88 bits per heavy atom. The van der Waals surface area contributed by atoms with Crippen molar-refractivity contribution >= 4 is 0 Å². The van der Waals surface area contributed by atoms with E-state index in [9.17, 15) is 5.11 Å². The van der Waals surface area contributed by atoms with E-state index in [1.54, 1.807) is 7.11 Å². The van der Waals surface area contributed by atoms with Crippen LogP contribution in [0.5, 0.6) is 11.5 Å². The number of hydrogen-bond donors (Lipinski definition) is 1. The summed E-state index contributed by atoms with van der Waals surface area (Å²) < 4.78 is 11.5. The third-order valence-electron chi connectivity index (χ3n) is 5.48. The molecule has 3 atom stereocenters. The predicted molar refractivity (Wildman–Crippen MR) is 96.6 cm³/mol. The number of methoxy groups -OCH3 is 1. The summed E-state index contributed by atoms with van der Waals surface area (Å²) in [5.74, 6) is 2.71. The van der Waals surface area contributed by atoms with Crippen LogP contribution < -0.4 is 9.47 Å². The van der Waals surface area contributed by atoms with E-state index in [4.69, 9.17) is 9.47 Å². The largest absolute Gasteiger partial charge is 0.493 e. The smallest absolute Gasteiger partial charge is 0.161 e. The van der Waals surface area contributed by atoms with Crippen molar-refractivity contribution in [2.75, 3.05) is 20.2 Å². The number of fused-ring (bicyclic) bond motifs is 1. The zero-order valence-electron chi connectivity index (χ0n) is 14.6. The van der Waals surface area contributed by atoms with Crippen LogP contribution in [-0.4, -0.2) is 36.3 Å². The number of nitrogens with zero attached hydrogens (tertiary/aromatic N) is 1. The van der Waals surface area contributed by atoms with Crippen molar-refractivity contribution < 1.29 is 14.6 Å². The first-order chi connectivity index (χ1) is 12.2. The second-order valence-corrected chi connectivity index (χ2v) is 7.18. The van der Waals surface area contributed by atoms with Crippen molar-refractivity contribution in [3.8, 4) is 11.5 Å². The highest BCUT2D eigenvalue weighted by Gasteiger charge is 2.45. The second-order valence-electron chi connectivity index (χ2n) is 7.18. The molecule has 0 spiro atoms. The molecule has 25 heavy (non-hydrogen) atoms. The molecule has 0 unspecified atom stereocenters. The summed E-state index contributed by atoms with van der Waals surface area (Å²) in [7, 11) is 1.68. The first-order valence-corrected chi connectivity index (χ1v) is 8.97. The molecule has 4 rings (SSSR count).